The maximum atomic E-state index is 13.7. The molecule has 0 spiro atoms. The molecule has 0 unspecified atom stereocenters. The number of carbonyl (C=O) groups excluding carboxylic acids is 1. The Hall–Kier alpha value is -3.23. The minimum absolute atomic E-state index is 0.0356. The number of nitrogens with one attached hydrogen (secondary N) is 1. The van der Waals surface area contributed by atoms with E-state index >= 15 is 0 Å². The second-order valence-corrected chi connectivity index (χ2v) is 12.6. The first-order valence-electron chi connectivity index (χ1n) is 14.7. The highest BCUT2D eigenvalue weighted by molar-refractivity contribution is 7.99. The van der Waals surface area contributed by atoms with E-state index in [0.717, 1.165) is 53.3 Å². The van der Waals surface area contributed by atoms with E-state index in [0.29, 0.717) is 44.8 Å². The third kappa shape index (κ3) is 8.53. The summed E-state index contributed by atoms with van der Waals surface area (Å²) in [5.41, 5.74) is -1.18. The number of nitrogens with zero attached hydrogens (tertiary/aromatic N) is 4. The highest BCUT2D eigenvalue weighted by atomic mass is 32.2. The van der Waals surface area contributed by atoms with Gasteiger partial charge >= 0.3 is 12.4 Å². The number of H-pyrrole nitrogens is 1. The zero-order chi connectivity index (χ0) is 32.2. The van der Waals surface area contributed by atoms with Crippen molar-refractivity contribution in [3.05, 3.63) is 70.9 Å². The van der Waals surface area contributed by atoms with Crippen LogP contribution in [0, 0.1) is 0 Å². The number of amides is 1. The van der Waals surface area contributed by atoms with E-state index in [2.05, 4.69) is 19.9 Å². The van der Waals surface area contributed by atoms with Crippen LogP contribution in [-0.4, -0.2) is 101 Å². The average molecular weight is 656 g/mol. The zero-order valence-electron chi connectivity index (χ0n) is 24.8. The van der Waals surface area contributed by atoms with Crippen LogP contribution in [0.1, 0.15) is 34.0 Å². The summed E-state index contributed by atoms with van der Waals surface area (Å²) in [5.74, 6) is 1.34. The smallest absolute Gasteiger partial charge is 0.394 e. The Kier molecular flexibility index (Phi) is 10.3. The first-order valence-corrected chi connectivity index (χ1v) is 15.9. The van der Waals surface area contributed by atoms with Gasteiger partial charge in [0.25, 0.3) is 5.91 Å². The highest BCUT2D eigenvalue weighted by Crippen LogP contribution is 2.37. The van der Waals surface area contributed by atoms with Gasteiger partial charge in [0, 0.05) is 86.0 Å². The maximum absolute atomic E-state index is 13.7. The second-order valence-electron chi connectivity index (χ2n) is 11.4. The zero-order valence-corrected chi connectivity index (χ0v) is 25.6. The second kappa shape index (κ2) is 14.0. The average Bonchev–Trinajstić information content (AvgIpc) is 3.41. The Morgan fingerprint density at radius 2 is 1.67 bits per heavy atom. The molecule has 5 rings (SSSR count). The molecule has 1 atom stereocenters. The molecule has 1 aromatic heterocycles. The van der Waals surface area contributed by atoms with Crippen molar-refractivity contribution in [2.24, 2.45) is 5.16 Å². The van der Waals surface area contributed by atoms with E-state index < -0.39 is 41.0 Å². The number of aromatic amines is 1. The summed E-state index contributed by atoms with van der Waals surface area (Å²) in [7, 11) is 0. The highest BCUT2D eigenvalue weighted by Gasteiger charge is 2.39. The molecule has 2 aliphatic heterocycles. The number of alkyl halides is 6. The summed E-state index contributed by atoms with van der Waals surface area (Å²) in [6.45, 7) is 6.39. The van der Waals surface area contributed by atoms with Crippen molar-refractivity contribution < 1.29 is 36.0 Å². The van der Waals surface area contributed by atoms with Crippen LogP contribution in [0.3, 0.4) is 0 Å². The summed E-state index contributed by atoms with van der Waals surface area (Å²) in [5, 5.41) is 5.19. The van der Waals surface area contributed by atoms with Crippen molar-refractivity contribution in [2.45, 2.75) is 31.7 Å². The summed E-state index contributed by atoms with van der Waals surface area (Å²) in [6, 6.07) is 8.10. The molecule has 0 saturated carbocycles. The van der Waals surface area contributed by atoms with E-state index in [4.69, 9.17) is 4.84 Å². The van der Waals surface area contributed by atoms with Crippen molar-refractivity contribution >= 4 is 34.3 Å². The number of piperazine rings is 1. The molecule has 0 radical (unpaired) electrons. The lowest BCUT2D eigenvalue weighted by Gasteiger charge is -2.41. The Balaban J connectivity index is 1.34. The van der Waals surface area contributed by atoms with E-state index in [1.165, 1.54) is 4.90 Å². The standard InChI is InChI=1S/C31H35F6N5O2S/c1-21(39-44-11-8-40-9-12-45-13-10-40)19-41-6-7-42(26(20-41)16-23-18-38-28-5-3-2-4-27(23)28)29(43)22-14-24(30(32,33)34)17-25(15-22)31(35,36)37/h2-5,14-15,17-18,26,38H,6-13,16,19-20H2,1H3/t26-/m1/s1. The van der Waals surface area contributed by atoms with Gasteiger partial charge in [-0.25, -0.2) is 0 Å². The lowest BCUT2D eigenvalue weighted by atomic mass is 9.98. The molecule has 2 saturated heterocycles. The van der Waals surface area contributed by atoms with Gasteiger partial charge in [-0.05, 0) is 43.2 Å². The molecule has 7 nitrogen and oxygen atoms in total. The lowest BCUT2D eigenvalue weighted by molar-refractivity contribution is -0.143. The number of aromatic nitrogens is 1. The van der Waals surface area contributed by atoms with E-state index in [1.807, 2.05) is 49.1 Å². The number of thioether (sulfide) groups is 1. The van der Waals surface area contributed by atoms with Crippen LogP contribution in [0.25, 0.3) is 10.9 Å². The third-order valence-corrected chi connectivity index (χ3v) is 9.01. The van der Waals surface area contributed by atoms with Crippen LogP contribution in [0.2, 0.25) is 0 Å². The van der Waals surface area contributed by atoms with Gasteiger partial charge < -0.3 is 14.7 Å². The summed E-state index contributed by atoms with van der Waals surface area (Å²) < 4.78 is 81.4. The van der Waals surface area contributed by atoms with Crippen LogP contribution in [0.5, 0.6) is 0 Å². The Labute approximate surface area is 261 Å². The predicted octanol–water partition coefficient (Wildman–Crippen LogP) is 6.02. The number of hydrogen-bond donors (Lipinski definition) is 1. The van der Waals surface area contributed by atoms with Gasteiger partial charge in [0.1, 0.15) is 6.61 Å². The molecule has 14 heteroatoms. The largest absolute Gasteiger partial charge is 0.416 e. The Morgan fingerprint density at radius 3 is 2.36 bits per heavy atom. The molecular weight excluding hydrogens is 620 g/mol. The quantitative estimate of drug-likeness (QED) is 0.132. The number of para-hydroxylation sites is 1. The fourth-order valence-electron chi connectivity index (χ4n) is 5.81. The molecule has 45 heavy (non-hydrogen) atoms. The number of hydrogen-bond acceptors (Lipinski definition) is 6. The van der Waals surface area contributed by atoms with Gasteiger partial charge in [0.05, 0.1) is 16.8 Å². The van der Waals surface area contributed by atoms with Crippen molar-refractivity contribution in [1.29, 1.82) is 0 Å². The molecular formula is C31H35F6N5O2S. The fraction of sp³-hybridized carbons (Fsp3) is 0.484. The molecule has 244 valence electrons. The maximum Gasteiger partial charge on any atom is 0.416 e. The predicted molar refractivity (Wildman–Crippen MR) is 163 cm³/mol. The SMILES string of the molecule is CC(CN1CCN(C(=O)c2cc(C(F)(F)F)cc(C(F)(F)F)c2)[C@H](Cc2c[nH]c3ccccc23)C1)=NOCCN1CCSCC1. The molecule has 0 bridgehead atoms. The van der Waals surface area contributed by atoms with Crippen LogP contribution in [-0.2, 0) is 23.6 Å². The van der Waals surface area contributed by atoms with Gasteiger partial charge in [-0.2, -0.15) is 38.1 Å². The molecule has 0 aliphatic carbocycles. The van der Waals surface area contributed by atoms with Gasteiger partial charge in [0.2, 0.25) is 0 Å². The van der Waals surface area contributed by atoms with E-state index in [-0.39, 0.29) is 12.6 Å². The summed E-state index contributed by atoms with van der Waals surface area (Å²) in [4.78, 5) is 28.3. The number of halogens is 6. The minimum atomic E-state index is -5.05. The molecule has 3 aromatic rings. The monoisotopic (exact) mass is 655 g/mol. The van der Waals surface area contributed by atoms with Gasteiger partial charge in [0.15, 0.2) is 0 Å². The molecule has 1 amide bonds. The van der Waals surface area contributed by atoms with E-state index in [1.54, 1.807) is 0 Å². The first-order chi connectivity index (χ1) is 21.4. The Bertz CT molecular complexity index is 1470. The molecule has 3 heterocycles. The fourth-order valence-corrected chi connectivity index (χ4v) is 6.79. The third-order valence-electron chi connectivity index (χ3n) is 8.07. The number of oxime groups is 1. The number of benzene rings is 2. The number of carbonyl (C=O) groups is 1. The van der Waals surface area contributed by atoms with Crippen molar-refractivity contribution in [3.8, 4) is 0 Å². The lowest BCUT2D eigenvalue weighted by Crippen LogP contribution is -2.56. The van der Waals surface area contributed by atoms with Crippen molar-refractivity contribution in [3.63, 3.8) is 0 Å². The van der Waals surface area contributed by atoms with Gasteiger partial charge in [-0.3, -0.25) is 14.6 Å². The van der Waals surface area contributed by atoms with E-state index in [9.17, 15) is 31.1 Å². The molecule has 2 aliphatic rings. The van der Waals surface area contributed by atoms with Crippen LogP contribution < -0.4 is 0 Å². The van der Waals surface area contributed by atoms with Crippen molar-refractivity contribution in [2.75, 3.05) is 63.9 Å². The first kappa shape index (κ1) is 33.1. The normalized spacial score (nSPS) is 19.3. The minimum Gasteiger partial charge on any atom is -0.394 e. The van der Waals surface area contributed by atoms with Crippen LogP contribution in [0.15, 0.2) is 53.8 Å². The Morgan fingerprint density at radius 1 is 0.978 bits per heavy atom. The summed E-state index contributed by atoms with van der Waals surface area (Å²) in [6.07, 6.45) is -7.94. The van der Waals surface area contributed by atoms with Crippen LogP contribution in [0.4, 0.5) is 26.3 Å². The topological polar surface area (TPSA) is 64.2 Å². The van der Waals surface area contributed by atoms with Crippen LogP contribution >= 0.6 is 11.8 Å². The number of fused-ring (bicyclic) bond motifs is 1. The van der Waals surface area contributed by atoms with Crippen molar-refractivity contribution in [1.82, 2.24) is 19.7 Å². The van der Waals surface area contributed by atoms with Gasteiger partial charge in [-0.15, -0.1) is 0 Å². The van der Waals surface area contributed by atoms with Gasteiger partial charge in [-0.1, -0.05) is 23.4 Å². The number of rotatable bonds is 9. The molecule has 1 N–H and O–H groups in total. The molecule has 2 fully saturated rings. The summed E-state index contributed by atoms with van der Waals surface area (Å²) >= 11 is 1.94. The molecule has 2 aromatic carbocycles.